The lowest BCUT2D eigenvalue weighted by molar-refractivity contribution is 0.00578. The number of anilines is 1. The highest BCUT2D eigenvalue weighted by Gasteiger charge is 2.52. The van der Waals surface area contributed by atoms with Crippen LogP contribution in [-0.4, -0.2) is 38.7 Å². The maximum Gasteiger partial charge on any atom is 0.498 e. The molecule has 22 heavy (non-hydrogen) atoms. The number of aliphatic imine (C=N–C) groups is 1. The third-order valence-electron chi connectivity index (χ3n) is 4.30. The normalized spacial score (nSPS) is 19.9. The predicted octanol–water partition coefficient (Wildman–Crippen LogP) is 1.76. The number of hydrogen-bond donors (Lipinski definition) is 1. The molecule has 0 amide bonds. The summed E-state index contributed by atoms with van der Waals surface area (Å²) < 4.78 is 31.6. The summed E-state index contributed by atoms with van der Waals surface area (Å²) in [6, 6.07) is 1.69. The van der Waals surface area contributed by atoms with E-state index in [2.05, 4.69) is 4.99 Å². The number of halogens is 1. The fourth-order valence-corrected chi connectivity index (χ4v) is 2.29. The first kappa shape index (κ1) is 16.8. The van der Waals surface area contributed by atoms with Crippen LogP contribution in [0.1, 0.15) is 33.3 Å². The van der Waals surface area contributed by atoms with E-state index < -0.39 is 24.1 Å². The molecule has 2 N–H and O–H groups in total. The van der Waals surface area contributed by atoms with Gasteiger partial charge in [0.15, 0.2) is 11.6 Å². The molecule has 0 saturated carbocycles. The summed E-state index contributed by atoms with van der Waals surface area (Å²) in [5.74, 6) is -0.603. The van der Waals surface area contributed by atoms with Gasteiger partial charge in [0, 0.05) is 24.3 Å². The fraction of sp³-hybridized carbons (Fsp3) is 0.533. The molecule has 0 spiro atoms. The summed E-state index contributed by atoms with van der Waals surface area (Å²) in [4.78, 5) is 3.89. The lowest BCUT2D eigenvalue weighted by atomic mass is 9.77. The molecule has 0 aromatic heterocycles. The zero-order valence-electron chi connectivity index (χ0n) is 13.9. The number of ether oxygens (including phenoxy) is 1. The van der Waals surface area contributed by atoms with Crippen molar-refractivity contribution in [2.75, 3.05) is 19.9 Å². The van der Waals surface area contributed by atoms with Gasteiger partial charge in [0.2, 0.25) is 0 Å². The molecule has 1 fully saturated rings. The highest BCUT2D eigenvalue weighted by Crippen LogP contribution is 2.38. The standard InChI is InChI=1S/C15H22BFN2O3/c1-14(2)15(3,4)22-16(21-14)10-7-9(8-19-5)12(18)11(17)13(10)20-6/h7-8H,18H2,1-6H3. The molecule has 1 saturated heterocycles. The van der Waals surface area contributed by atoms with Gasteiger partial charge in [-0.05, 0) is 33.8 Å². The van der Waals surface area contributed by atoms with Crippen molar-refractivity contribution in [2.24, 2.45) is 4.99 Å². The Hall–Kier alpha value is -1.60. The number of benzene rings is 1. The molecule has 7 heteroatoms. The Labute approximate surface area is 130 Å². The van der Waals surface area contributed by atoms with E-state index in [1.54, 1.807) is 13.1 Å². The Morgan fingerprint density at radius 3 is 2.27 bits per heavy atom. The van der Waals surface area contributed by atoms with Gasteiger partial charge in [-0.3, -0.25) is 4.99 Å². The summed E-state index contributed by atoms with van der Waals surface area (Å²) >= 11 is 0. The lowest BCUT2D eigenvalue weighted by Crippen LogP contribution is -2.41. The van der Waals surface area contributed by atoms with Crippen molar-refractivity contribution in [3.63, 3.8) is 0 Å². The van der Waals surface area contributed by atoms with Gasteiger partial charge in [-0.1, -0.05) is 0 Å². The molecule has 0 atom stereocenters. The molecular weight excluding hydrogens is 286 g/mol. The Morgan fingerprint density at radius 2 is 1.82 bits per heavy atom. The predicted molar refractivity (Wildman–Crippen MR) is 86.6 cm³/mol. The van der Waals surface area contributed by atoms with Crippen LogP contribution in [0, 0.1) is 5.82 Å². The average Bonchev–Trinajstić information content (AvgIpc) is 2.64. The minimum absolute atomic E-state index is 0.0114. The van der Waals surface area contributed by atoms with Crippen molar-refractivity contribution in [2.45, 2.75) is 38.9 Å². The summed E-state index contributed by atoms with van der Waals surface area (Å²) in [5, 5.41) is 0. The second-order valence-corrected chi connectivity index (χ2v) is 6.29. The largest absolute Gasteiger partial charge is 0.498 e. The van der Waals surface area contributed by atoms with Crippen LogP contribution in [-0.2, 0) is 9.31 Å². The molecule has 0 aliphatic carbocycles. The Kier molecular flexibility index (Phi) is 4.23. The van der Waals surface area contributed by atoms with Gasteiger partial charge in [0.1, 0.15) is 0 Å². The fourth-order valence-electron chi connectivity index (χ4n) is 2.29. The van der Waals surface area contributed by atoms with Crippen molar-refractivity contribution >= 4 is 24.5 Å². The van der Waals surface area contributed by atoms with Gasteiger partial charge in [0.05, 0.1) is 24.0 Å². The maximum absolute atomic E-state index is 14.5. The zero-order chi connectivity index (χ0) is 16.7. The summed E-state index contributed by atoms with van der Waals surface area (Å²) in [6.45, 7) is 7.73. The first-order chi connectivity index (χ1) is 10.1. The van der Waals surface area contributed by atoms with Gasteiger partial charge in [-0.25, -0.2) is 4.39 Å². The van der Waals surface area contributed by atoms with Crippen LogP contribution in [0.5, 0.6) is 5.75 Å². The second kappa shape index (κ2) is 5.55. The van der Waals surface area contributed by atoms with E-state index in [-0.39, 0.29) is 11.4 Å². The number of nitrogens with two attached hydrogens (primary N) is 1. The number of nitrogen functional groups attached to an aromatic ring is 1. The topological polar surface area (TPSA) is 66.1 Å². The molecule has 5 nitrogen and oxygen atoms in total. The minimum atomic E-state index is -0.737. The van der Waals surface area contributed by atoms with Gasteiger partial charge >= 0.3 is 7.12 Å². The van der Waals surface area contributed by atoms with E-state index in [4.69, 9.17) is 19.8 Å². The van der Waals surface area contributed by atoms with Crippen LogP contribution in [0.25, 0.3) is 0 Å². The highest BCUT2D eigenvalue weighted by molar-refractivity contribution is 6.63. The number of rotatable bonds is 3. The van der Waals surface area contributed by atoms with E-state index in [1.807, 2.05) is 27.7 Å². The zero-order valence-corrected chi connectivity index (χ0v) is 13.9. The van der Waals surface area contributed by atoms with Crippen molar-refractivity contribution in [1.82, 2.24) is 0 Å². The Bertz CT molecular complexity index is 601. The van der Waals surface area contributed by atoms with E-state index in [0.717, 1.165) is 0 Å². The molecule has 0 unspecified atom stereocenters. The first-order valence-electron chi connectivity index (χ1n) is 7.08. The smallest absolute Gasteiger partial charge is 0.494 e. The van der Waals surface area contributed by atoms with Crippen molar-refractivity contribution in [1.29, 1.82) is 0 Å². The SMILES string of the molecule is CN=Cc1cc(B2OC(C)(C)C(C)(C)O2)c(OC)c(F)c1N. The lowest BCUT2D eigenvalue weighted by Gasteiger charge is -2.32. The van der Waals surface area contributed by atoms with Gasteiger partial charge < -0.3 is 19.8 Å². The average molecular weight is 308 g/mol. The van der Waals surface area contributed by atoms with Crippen LogP contribution in [0.15, 0.2) is 11.1 Å². The van der Waals surface area contributed by atoms with Crippen molar-refractivity contribution in [3.8, 4) is 5.75 Å². The van der Waals surface area contributed by atoms with Crippen LogP contribution < -0.4 is 15.9 Å². The third-order valence-corrected chi connectivity index (χ3v) is 4.30. The highest BCUT2D eigenvalue weighted by atomic mass is 19.1. The van der Waals surface area contributed by atoms with Crippen molar-refractivity contribution in [3.05, 3.63) is 17.4 Å². The Balaban J connectivity index is 2.56. The van der Waals surface area contributed by atoms with E-state index in [1.165, 1.54) is 13.3 Å². The molecule has 1 heterocycles. The molecule has 1 aromatic carbocycles. The molecule has 1 aliphatic rings. The number of nitrogens with zero attached hydrogens (tertiary/aromatic N) is 1. The first-order valence-corrected chi connectivity index (χ1v) is 7.08. The van der Waals surface area contributed by atoms with Crippen LogP contribution in [0.4, 0.5) is 10.1 Å². The van der Waals surface area contributed by atoms with E-state index >= 15 is 0 Å². The number of methoxy groups -OCH3 is 1. The van der Waals surface area contributed by atoms with Gasteiger partial charge in [-0.2, -0.15) is 0 Å². The third kappa shape index (κ3) is 2.59. The minimum Gasteiger partial charge on any atom is -0.494 e. The summed E-state index contributed by atoms with van der Waals surface area (Å²) in [5.41, 5.74) is 5.65. The van der Waals surface area contributed by atoms with Crippen LogP contribution >= 0.6 is 0 Å². The molecule has 120 valence electrons. The summed E-state index contributed by atoms with van der Waals surface area (Å²) in [7, 11) is 2.25. The van der Waals surface area contributed by atoms with E-state index in [0.29, 0.717) is 11.0 Å². The second-order valence-electron chi connectivity index (χ2n) is 6.29. The molecule has 0 bridgehead atoms. The number of hydrogen-bond acceptors (Lipinski definition) is 5. The monoisotopic (exact) mass is 308 g/mol. The van der Waals surface area contributed by atoms with Crippen LogP contribution in [0.2, 0.25) is 0 Å². The van der Waals surface area contributed by atoms with E-state index in [9.17, 15) is 4.39 Å². The molecule has 1 aliphatic heterocycles. The van der Waals surface area contributed by atoms with Crippen LogP contribution in [0.3, 0.4) is 0 Å². The summed E-state index contributed by atoms with van der Waals surface area (Å²) in [6.07, 6.45) is 1.49. The van der Waals surface area contributed by atoms with Gasteiger partial charge in [-0.15, -0.1) is 0 Å². The van der Waals surface area contributed by atoms with Crippen molar-refractivity contribution < 1.29 is 18.4 Å². The molecule has 0 radical (unpaired) electrons. The molecule has 1 aromatic rings. The molecule has 2 rings (SSSR count). The quantitative estimate of drug-likeness (QED) is 0.525. The Morgan fingerprint density at radius 1 is 1.27 bits per heavy atom. The molecular formula is C15H22BFN2O3. The maximum atomic E-state index is 14.5. The van der Waals surface area contributed by atoms with Gasteiger partial charge in [0.25, 0.3) is 0 Å².